The van der Waals surface area contributed by atoms with E-state index in [1.165, 1.54) is 24.3 Å². The summed E-state index contributed by atoms with van der Waals surface area (Å²) in [6.45, 7) is 2.72. The number of hydrogen-bond donors (Lipinski definition) is 2. The molecule has 1 aliphatic heterocycles. The van der Waals surface area contributed by atoms with E-state index in [4.69, 9.17) is 5.11 Å². The molecule has 1 fully saturated rings. The summed E-state index contributed by atoms with van der Waals surface area (Å²) in [7, 11) is 0. The van der Waals surface area contributed by atoms with Gasteiger partial charge >= 0.3 is 5.97 Å². The van der Waals surface area contributed by atoms with Crippen molar-refractivity contribution in [3.63, 3.8) is 0 Å². The quantitative estimate of drug-likeness (QED) is 0.752. The van der Waals surface area contributed by atoms with Crippen molar-refractivity contribution >= 4 is 23.7 Å². The van der Waals surface area contributed by atoms with E-state index in [0.717, 1.165) is 0 Å². The van der Waals surface area contributed by atoms with Gasteiger partial charge < -0.3 is 20.2 Å². The SMILES string of the molecule is O=C(O)c1ccc(C(=O)NCCC(=O)N2CCN(c3ncccn3)CC2)cc1. The topological polar surface area (TPSA) is 116 Å². The third-order valence-corrected chi connectivity index (χ3v) is 4.49. The number of carboxylic acid groups (broad SMARTS) is 1. The van der Waals surface area contributed by atoms with Gasteiger partial charge in [0.1, 0.15) is 0 Å². The zero-order valence-corrected chi connectivity index (χ0v) is 15.2. The van der Waals surface area contributed by atoms with Crippen LogP contribution < -0.4 is 10.2 Å². The number of carboxylic acids is 1. The molecule has 1 saturated heterocycles. The maximum absolute atomic E-state index is 12.3. The first-order valence-electron chi connectivity index (χ1n) is 8.96. The van der Waals surface area contributed by atoms with Crippen molar-refractivity contribution in [1.82, 2.24) is 20.2 Å². The fraction of sp³-hybridized carbons (Fsp3) is 0.316. The summed E-state index contributed by atoms with van der Waals surface area (Å²) in [5, 5.41) is 11.6. The van der Waals surface area contributed by atoms with E-state index in [1.807, 2.05) is 4.90 Å². The molecule has 0 unspecified atom stereocenters. The summed E-state index contributed by atoms with van der Waals surface area (Å²) in [6, 6.07) is 7.41. The summed E-state index contributed by atoms with van der Waals surface area (Å²) in [5.41, 5.74) is 0.473. The molecule has 9 nitrogen and oxygen atoms in total. The summed E-state index contributed by atoms with van der Waals surface area (Å²) < 4.78 is 0. The molecule has 1 aliphatic rings. The monoisotopic (exact) mass is 383 g/mol. The van der Waals surface area contributed by atoms with Crippen LogP contribution in [-0.4, -0.2) is 70.5 Å². The lowest BCUT2D eigenvalue weighted by molar-refractivity contribution is -0.131. The third-order valence-electron chi connectivity index (χ3n) is 4.49. The Kier molecular flexibility index (Phi) is 6.15. The molecule has 0 bridgehead atoms. The Balaban J connectivity index is 1.41. The van der Waals surface area contributed by atoms with E-state index in [-0.39, 0.29) is 30.3 Å². The average molecular weight is 383 g/mol. The van der Waals surface area contributed by atoms with Crippen LogP contribution >= 0.6 is 0 Å². The molecular formula is C19H21N5O4. The van der Waals surface area contributed by atoms with Crippen molar-refractivity contribution in [3.8, 4) is 0 Å². The maximum Gasteiger partial charge on any atom is 0.335 e. The van der Waals surface area contributed by atoms with E-state index in [2.05, 4.69) is 15.3 Å². The van der Waals surface area contributed by atoms with Crippen molar-refractivity contribution in [1.29, 1.82) is 0 Å². The van der Waals surface area contributed by atoms with Crippen molar-refractivity contribution in [2.75, 3.05) is 37.6 Å². The van der Waals surface area contributed by atoms with Crippen LogP contribution in [0.3, 0.4) is 0 Å². The minimum Gasteiger partial charge on any atom is -0.478 e. The normalized spacial score (nSPS) is 13.9. The Bertz CT molecular complexity index is 833. The number of carbonyl (C=O) groups excluding carboxylic acids is 2. The second-order valence-corrected chi connectivity index (χ2v) is 6.31. The Morgan fingerprint density at radius 3 is 2.18 bits per heavy atom. The summed E-state index contributed by atoms with van der Waals surface area (Å²) >= 11 is 0. The number of rotatable bonds is 6. The van der Waals surface area contributed by atoms with Crippen molar-refractivity contribution in [3.05, 3.63) is 53.9 Å². The highest BCUT2D eigenvalue weighted by atomic mass is 16.4. The van der Waals surface area contributed by atoms with Crippen LogP contribution in [0.4, 0.5) is 5.95 Å². The largest absolute Gasteiger partial charge is 0.478 e. The fourth-order valence-electron chi connectivity index (χ4n) is 2.92. The van der Waals surface area contributed by atoms with E-state index in [0.29, 0.717) is 37.7 Å². The highest BCUT2D eigenvalue weighted by molar-refractivity contribution is 5.96. The number of amides is 2. The maximum atomic E-state index is 12.3. The molecule has 1 aromatic heterocycles. The molecule has 2 N–H and O–H groups in total. The zero-order valence-electron chi connectivity index (χ0n) is 15.2. The number of hydrogen-bond acceptors (Lipinski definition) is 6. The average Bonchev–Trinajstić information content (AvgIpc) is 2.74. The van der Waals surface area contributed by atoms with Gasteiger partial charge in [-0.15, -0.1) is 0 Å². The lowest BCUT2D eigenvalue weighted by Crippen LogP contribution is -2.49. The number of piperazine rings is 1. The molecule has 9 heteroatoms. The highest BCUT2D eigenvalue weighted by Crippen LogP contribution is 2.10. The van der Waals surface area contributed by atoms with Gasteiger partial charge in [-0.2, -0.15) is 0 Å². The van der Waals surface area contributed by atoms with E-state index in [1.54, 1.807) is 23.4 Å². The van der Waals surface area contributed by atoms with Crippen LogP contribution in [0.25, 0.3) is 0 Å². The predicted octanol–water partition coefficient (Wildman–Crippen LogP) is 0.643. The molecular weight excluding hydrogens is 362 g/mol. The molecule has 0 spiro atoms. The molecule has 3 rings (SSSR count). The predicted molar refractivity (Wildman–Crippen MR) is 101 cm³/mol. The van der Waals surface area contributed by atoms with E-state index in [9.17, 15) is 14.4 Å². The number of nitrogens with zero attached hydrogens (tertiary/aromatic N) is 4. The van der Waals surface area contributed by atoms with Gasteiger partial charge in [-0.1, -0.05) is 0 Å². The smallest absolute Gasteiger partial charge is 0.335 e. The summed E-state index contributed by atoms with van der Waals surface area (Å²) in [6.07, 6.45) is 3.59. The Morgan fingerprint density at radius 1 is 0.964 bits per heavy atom. The van der Waals surface area contributed by atoms with Gasteiger partial charge in [0.25, 0.3) is 5.91 Å². The lowest BCUT2D eigenvalue weighted by Gasteiger charge is -2.34. The minimum absolute atomic E-state index is 0.0184. The first-order valence-corrected chi connectivity index (χ1v) is 8.96. The summed E-state index contributed by atoms with van der Waals surface area (Å²) in [5.74, 6) is -0.738. The number of aromatic carboxylic acids is 1. The zero-order chi connectivity index (χ0) is 19.9. The molecule has 2 heterocycles. The van der Waals surface area contributed by atoms with Gasteiger partial charge in [0.2, 0.25) is 11.9 Å². The molecule has 0 radical (unpaired) electrons. The second kappa shape index (κ2) is 8.94. The molecule has 0 atom stereocenters. The van der Waals surface area contributed by atoms with Gasteiger partial charge in [-0.3, -0.25) is 9.59 Å². The number of benzene rings is 1. The standard InChI is InChI=1S/C19H21N5O4/c25-16(23-10-12-24(13-11-23)19-21-7-1-8-22-19)6-9-20-17(26)14-2-4-15(5-3-14)18(27)28/h1-5,7-8H,6,9-13H2,(H,20,26)(H,27,28). The number of nitrogens with one attached hydrogen (secondary N) is 1. The second-order valence-electron chi connectivity index (χ2n) is 6.31. The van der Waals surface area contributed by atoms with Crippen LogP contribution in [0.2, 0.25) is 0 Å². The van der Waals surface area contributed by atoms with E-state index < -0.39 is 5.97 Å². The van der Waals surface area contributed by atoms with Crippen molar-refractivity contribution in [2.45, 2.75) is 6.42 Å². The Morgan fingerprint density at radius 2 is 1.57 bits per heavy atom. The number of carbonyl (C=O) groups is 3. The first-order chi connectivity index (χ1) is 13.5. The molecule has 1 aromatic carbocycles. The van der Waals surface area contributed by atoms with Gasteiger partial charge in [0, 0.05) is 57.1 Å². The Labute approximate surface area is 162 Å². The molecule has 0 saturated carbocycles. The van der Waals surface area contributed by atoms with E-state index >= 15 is 0 Å². The lowest BCUT2D eigenvalue weighted by atomic mass is 10.1. The Hall–Kier alpha value is -3.49. The first kappa shape index (κ1) is 19.3. The van der Waals surface area contributed by atoms with Gasteiger partial charge in [-0.25, -0.2) is 14.8 Å². The van der Waals surface area contributed by atoms with Crippen molar-refractivity contribution < 1.29 is 19.5 Å². The highest BCUT2D eigenvalue weighted by Gasteiger charge is 2.22. The van der Waals surface area contributed by atoms with Crippen LogP contribution in [0, 0.1) is 0 Å². The van der Waals surface area contributed by atoms with Gasteiger partial charge in [0.05, 0.1) is 5.56 Å². The third kappa shape index (κ3) is 4.81. The van der Waals surface area contributed by atoms with Crippen LogP contribution in [-0.2, 0) is 4.79 Å². The minimum atomic E-state index is -1.04. The van der Waals surface area contributed by atoms with Crippen molar-refractivity contribution in [2.24, 2.45) is 0 Å². The summed E-state index contributed by atoms with van der Waals surface area (Å²) in [4.78, 5) is 47.5. The molecule has 2 aromatic rings. The number of aromatic nitrogens is 2. The van der Waals surface area contributed by atoms with Crippen LogP contribution in [0.15, 0.2) is 42.7 Å². The fourth-order valence-corrected chi connectivity index (χ4v) is 2.92. The van der Waals surface area contributed by atoms with Gasteiger partial charge in [0.15, 0.2) is 0 Å². The van der Waals surface area contributed by atoms with Crippen LogP contribution in [0.1, 0.15) is 27.1 Å². The molecule has 0 aliphatic carbocycles. The molecule has 2 amide bonds. The van der Waals surface area contributed by atoms with Gasteiger partial charge in [-0.05, 0) is 30.3 Å². The number of anilines is 1. The molecule has 146 valence electrons. The van der Waals surface area contributed by atoms with Crippen LogP contribution in [0.5, 0.6) is 0 Å². The molecule has 28 heavy (non-hydrogen) atoms.